The first kappa shape index (κ1) is 13.1. The van der Waals surface area contributed by atoms with E-state index in [1.165, 1.54) is 0 Å². The van der Waals surface area contributed by atoms with Crippen LogP contribution in [-0.2, 0) is 0 Å². The van der Waals surface area contributed by atoms with Crippen molar-refractivity contribution < 1.29 is 4.74 Å². The molecule has 90 valence electrons. The maximum absolute atomic E-state index is 5.93. The fourth-order valence-electron chi connectivity index (χ4n) is 1.38. The summed E-state index contributed by atoms with van der Waals surface area (Å²) in [5, 5.41) is 7.33. The Balaban J connectivity index is 2.48. The maximum Gasteiger partial charge on any atom is 0.142 e. The van der Waals surface area contributed by atoms with Crippen LogP contribution >= 0.6 is 11.6 Å². The molecule has 0 spiro atoms. The van der Waals surface area contributed by atoms with E-state index < -0.39 is 0 Å². The molecule has 16 heavy (non-hydrogen) atoms. The predicted molar refractivity (Wildman–Crippen MR) is 69.6 cm³/mol. The van der Waals surface area contributed by atoms with Crippen LogP contribution in [0, 0.1) is 0 Å². The van der Waals surface area contributed by atoms with Gasteiger partial charge in [0.2, 0.25) is 0 Å². The molecule has 0 aromatic heterocycles. The monoisotopic (exact) mass is 242 g/mol. The number of halogens is 1. The Labute approximate surface area is 102 Å². The lowest BCUT2D eigenvalue weighted by Gasteiger charge is -2.13. The van der Waals surface area contributed by atoms with Gasteiger partial charge in [-0.25, -0.2) is 0 Å². The largest absolute Gasteiger partial charge is 0.495 e. The lowest BCUT2D eigenvalue weighted by molar-refractivity contribution is 0.416. The third-order valence-corrected chi connectivity index (χ3v) is 2.39. The van der Waals surface area contributed by atoms with Gasteiger partial charge in [-0.2, -0.15) is 0 Å². The van der Waals surface area contributed by atoms with E-state index in [1.54, 1.807) is 7.11 Å². The summed E-state index contributed by atoms with van der Waals surface area (Å²) < 4.78 is 5.24. The number of ether oxygens (including phenoxy) is 1. The van der Waals surface area contributed by atoms with Crippen molar-refractivity contribution in [2.75, 3.05) is 25.5 Å². The van der Waals surface area contributed by atoms with Crippen LogP contribution in [0.2, 0.25) is 5.02 Å². The Morgan fingerprint density at radius 1 is 1.31 bits per heavy atom. The lowest BCUT2D eigenvalue weighted by Crippen LogP contribution is -2.28. The summed E-state index contributed by atoms with van der Waals surface area (Å²) in [6.45, 7) is 6.00. The van der Waals surface area contributed by atoms with Crippen LogP contribution in [0.3, 0.4) is 0 Å². The average molecular weight is 243 g/mol. The summed E-state index contributed by atoms with van der Waals surface area (Å²) in [4.78, 5) is 0. The van der Waals surface area contributed by atoms with Gasteiger partial charge in [0.25, 0.3) is 0 Å². The molecule has 3 nitrogen and oxygen atoms in total. The van der Waals surface area contributed by atoms with Crippen LogP contribution in [0.1, 0.15) is 13.8 Å². The molecular formula is C12H19ClN2O. The van der Waals surface area contributed by atoms with Crippen molar-refractivity contribution in [3.05, 3.63) is 23.2 Å². The molecule has 0 heterocycles. The molecule has 1 aromatic rings. The molecule has 0 aliphatic carbocycles. The molecule has 0 saturated heterocycles. The second-order valence-electron chi connectivity index (χ2n) is 3.88. The first-order valence-corrected chi connectivity index (χ1v) is 5.82. The van der Waals surface area contributed by atoms with Crippen LogP contribution < -0.4 is 15.4 Å². The van der Waals surface area contributed by atoms with E-state index in [1.807, 2.05) is 18.2 Å². The predicted octanol–water partition coefficient (Wildman–Crippen LogP) is 2.76. The molecule has 0 fully saturated rings. The molecule has 2 N–H and O–H groups in total. The van der Waals surface area contributed by atoms with Crippen LogP contribution in [0.4, 0.5) is 5.69 Å². The van der Waals surface area contributed by atoms with Crippen molar-refractivity contribution in [3.8, 4) is 5.75 Å². The molecule has 0 saturated carbocycles. The van der Waals surface area contributed by atoms with E-state index in [0.717, 1.165) is 24.5 Å². The van der Waals surface area contributed by atoms with Crippen molar-refractivity contribution in [2.24, 2.45) is 0 Å². The van der Waals surface area contributed by atoms with Gasteiger partial charge in [0.15, 0.2) is 0 Å². The zero-order valence-electron chi connectivity index (χ0n) is 10.0. The fraction of sp³-hybridized carbons (Fsp3) is 0.500. The normalized spacial score (nSPS) is 10.6. The molecule has 0 aliphatic rings. The Bertz CT molecular complexity index is 329. The summed E-state index contributed by atoms with van der Waals surface area (Å²) in [6.07, 6.45) is 0. The van der Waals surface area contributed by atoms with Crippen molar-refractivity contribution in [1.82, 2.24) is 5.32 Å². The Kier molecular flexibility index (Phi) is 5.43. The van der Waals surface area contributed by atoms with Gasteiger partial charge in [0.1, 0.15) is 5.75 Å². The highest BCUT2D eigenvalue weighted by Gasteiger charge is 2.02. The van der Waals surface area contributed by atoms with Gasteiger partial charge < -0.3 is 15.4 Å². The lowest BCUT2D eigenvalue weighted by atomic mass is 10.3. The van der Waals surface area contributed by atoms with E-state index in [4.69, 9.17) is 16.3 Å². The summed E-state index contributed by atoms with van der Waals surface area (Å²) in [5.74, 6) is 0.814. The number of rotatable bonds is 6. The number of anilines is 1. The smallest absolute Gasteiger partial charge is 0.142 e. The standard InChI is InChI=1S/C12H19ClN2O/c1-9(2)14-6-7-15-11-8-10(13)4-5-12(11)16-3/h4-5,8-9,14-15H,6-7H2,1-3H3. The van der Waals surface area contributed by atoms with Crippen LogP contribution in [0.25, 0.3) is 0 Å². The van der Waals surface area contributed by atoms with Gasteiger partial charge in [-0.3, -0.25) is 0 Å². The van der Waals surface area contributed by atoms with E-state index in [2.05, 4.69) is 24.5 Å². The van der Waals surface area contributed by atoms with Crippen molar-refractivity contribution >= 4 is 17.3 Å². The van der Waals surface area contributed by atoms with E-state index in [-0.39, 0.29) is 0 Å². The quantitative estimate of drug-likeness (QED) is 0.753. The minimum absolute atomic E-state index is 0.503. The summed E-state index contributed by atoms with van der Waals surface area (Å²) in [6, 6.07) is 6.05. The van der Waals surface area contributed by atoms with E-state index >= 15 is 0 Å². The number of nitrogens with one attached hydrogen (secondary N) is 2. The zero-order valence-corrected chi connectivity index (χ0v) is 10.8. The molecule has 0 amide bonds. The van der Waals surface area contributed by atoms with Crippen LogP contribution in [0.5, 0.6) is 5.75 Å². The highest BCUT2D eigenvalue weighted by molar-refractivity contribution is 6.30. The van der Waals surface area contributed by atoms with Crippen LogP contribution in [-0.4, -0.2) is 26.2 Å². The minimum atomic E-state index is 0.503. The van der Waals surface area contributed by atoms with Gasteiger partial charge >= 0.3 is 0 Å². The van der Waals surface area contributed by atoms with E-state index in [0.29, 0.717) is 11.1 Å². The minimum Gasteiger partial charge on any atom is -0.495 e. The molecule has 0 radical (unpaired) electrons. The number of benzene rings is 1. The molecule has 1 rings (SSSR count). The third-order valence-electron chi connectivity index (χ3n) is 2.15. The van der Waals surface area contributed by atoms with Gasteiger partial charge in [-0.1, -0.05) is 25.4 Å². The Hall–Kier alpha value is -0.930. The highest BCUT2D eigenvalue weighted by atomic mass is 35.5. The SMILES string of the molecule is COc1ccc(Cl)cc1NCCNC(C)C. The Morgan fingerprint density at radius 3 is 2.69 bits per heavy atom. The average Bonchev–Trinajstić information content (AvgIpc) is 2.24. The third kappa shape index (κ3) is 4.29. The first-order chi connectivity index (χ1) is 7.63. The number of hydrogen-bond donors (Lipinski definition) is 2. The second kappa shape index (κ2) is 6.61. The van der Waals surface area contributed by atoms with Gasteiger partial charge in [-0.05, 0) is 18.2 Å². The van der Waals surface area contributed by atoms with Crippen molar-refractivity contribution in [3.63, 3.8) is 0 Å². The number of hydrogen-bond acceptors (Lipinski definition) is 3. The second-order valence-corrected chi connectivity index (χ2v) is 4.32. The number of methoxy groups -OCH3 is 1. The Morgan fingerprint density at radius 2 is 2.06 bits per heavy atom. The summed E-state index contributed by atoms with van der Waals surface area (Å²) in [5.41, 5.74) is 0.931. The first-order valence-electron chi connectivity index (χ1n) is 5.44. The topological polar surface area (TPSA) is 33.3 Å². The van der Waals surface area contributed by atoms with Crippen molar-refractivity contribution in [1.29, 1.82) is 0 Å². The van der Waals surface area contributed by atoms with Crippen LogP contribution in [0.15, 0.2) is 18.2 Å². The fourth-order valence-corrected chi connectivity index (χ4v) is 1.55. The maximum atomic E-state index is 5.93. The zero-order chi connectivity index (χ0) is 12.0. The van der Waals surface area contributed by atoms with E-state index in [9.17, 15) is 0 Å². The molecule has 0 atom stereocenters. The molecule has 0 aliphatic heterocycles. The van der Waals surface area contributed by atoms with Gasteiger partial charge in [0.05, 0.1) is 12.8 Å². The van der Waals surface area contributed by atoms with Gasteiger partial charge in [0, 0.05) is 24.2 Å². The molecule has 4 heteroatoms. The van der Waals surface area contributed by atoms with Gasteiger partial charge in [-0.15, -0.1) is 0 Å². The molecular weight excluding hydrogens is 224 g/mol. The molecule has 1 aromatic carbocycles. The molecule has 0 bridgehead atoms. The summed E-state index contributed by atoms with van der Waals surface area (Å²) >= 11 is 5.93. The van der Waals surface area contributed by atoms with Crippen molar-refractivity contribution in [2.45, 2.75) is 19.9 Å². The highest BCUT2D eigenvalue weighted by Crippen LogP contribution is 2.27. The molecule has 0 unspecified atom stereocenters. The summed E-state index contributed by atoms with van der Waals surface area (Å²) in [7, 11) is 1.65.